The van der Waals surface area contributed by atoms with Gasteiger partial charge in [-0.1, -0.05) is 28.1 Å². The Balaban J connectivity index is 2.90. The van der Waals surface area contributed by atoms with Gasteiger partial charge < -0.3 is 15.2 Å². The molecule has 6 heteroatoms. The molecule has 1 atom stereocenters. The van der Waals surface area contributed by atoms with Gasteiger partial charge >= 0.3 is 5.97 Å². The molecule has 1 rings (SSSR count). The average molecular weight is 332 g/mol. The monoisotopic (exact) mass is 331 g/mol. The molecule has 0 amide bonds. The molecule has 0 aliphatic heterocycles. The highest BCUT2D eigenvalue weighted by molar-refractivity contribution is 9.10. The number of benzene rings is 1. The Hall–Kier alpha value is -1.14. The largest absolute Gasteiger partial charge is 0.478 e. The first-order chi connectivity index (χ1) is 8.45. The average Bonchev–Trinajstić information content (AvgIpc) is 2.31. The second-order valence-corrected chi connectivity index (χ2v) is 4.87. The van der Waals surface area contributed by atoms with E-state index in [1.807, 2.05) is 0 Å². The van der Waals surface area contributed by atoms with Crippen molar-refractivity contribution in [3.63, 3.8) is 0 Å². The zero-order valence-electron chi connectivity index (χ0n) is 10.1. The fourth-order valence-corrected chi connectivity index (χ4v) is 1.82. The van der Waals surface area contributed by atoms with E-state index in [-0.39, 0.29) is 4.99 Å². The minimum Gasteiger partial charge on any atom is -0.478 e. The van der Waals surface area contributed by atoms with Gasteiger partial charge in [0.25, 0.3) is 0 Å². The van der Waals surface area contributed by atoms with Gasteiger partial charge in [-0.15, -0.1) is 0 Å². The number of hydrogen-bond donors (Lipinski definition) is 1. The van der Waals surface area contributed by atoms with E-state index in [0.29, 0.717) is 17.9 Å². The van der Waals surface area contributed by atoms with Crippen molar-refractivity contribution in [3.05, 3.63) is 28.2 Å². The molecule has 2 N–H and O–H groups in total. The maximum atomic E-state index is 11.5. The molecule has 0 fully saturated rings. The number of esters is 1. The Kier molecular flexibility index (Phi) is 5.55. The summed E-state index contributed by atoms with van der Waals surface area (Å²) in [5.74, 6) is 0.0422. The van der Waals surface area contributed by atoms with E-state index in [1.165, 1.54) is 0 Å². The van der Waals surface area contributed by atoms with Gasteiger partial charge in [-0.25, -0.2) is 4.79 Å². The van der Waals surface area contributed by atoms with Crippen molar-refractivity contribution < 1.29 is 14.3 Å². The maximum absolute atomic E-state index is 11.5. The Morgan fingerprint density at radius 1 is 1.56 bits per heavy atom. The van der Waals surface area contributed by atoms with Crippen LogP contribution in [0.4, 0.5) is 0 Å². The molecule has 0 saturated heterocycles. The summed E-state index contributed by atoms with van der Waals surface area (Å²) in [5.41, 5.74) is 6.19. The van der Waals surface area contributed by atoms with E-state index in [2.05, 4.69) is 15.9 Å². The van der Waals surface area contributed by atoms with Gasteiger partial charge in [-0.05, 0) is 32.0 Å². The molecule has 0 aliphatic carbocycles. The number of ether oxygens (including phenoxy) is 2. The van der Waals surface area contributed by atoms with Crippen LogP contribution in [0.2, 0.25) is 0 Å². The van der Waals surface area contributed by atoms with Crippen molar-refractivity contribution in [3.8, 4) is 5.75 Å². The third-order valence-electron chi connectivity index (χ3n) is 2.13. The summed E-state index contributed by atoms with van der Waals surface area (Å²) in [5, 5.41) is 0. The molecular formula is C12H14BrNO3S. The first-order valence-corrected chi connectivity index (χ1v) is 6.58. The fourth-order valence-electron chi connectivity index (χ4n) is 1.30. The number of carbonyl (C=O) groups is 1. The normalized spacial score (nSPS) is 11.7. The predicted octanol–water partition coefficient (Wildman–Crippen LogP) is 2.41. The van der Waals surface area contributed by atoms with Crippen LogP contribution in [0.25, 0.3) is 0 Å². The first-order valence-electron chi connectivity index (χ1n) is 5.38. The lowest BCUT2D eigenvalue weighted by molar-refractivity contribution is -0.150. The van der Waals surface area contributed by atoms with Gasteiger partial charge in [0.1, 0.15) is 10.7 Å². The highest BCUT2D eigenvalue weighted by atomic mass is 79.9. The molecule has 18 heavy (non-hydrogen) atoms. The van der Waals surface area contributed by atoms with Crippen LogP contribution >= 0.6 is 28.1 Å². The van der Waals surface area contributed by atoms with Gasteiger partial charge in [0, 0.05) is 4.47 Å². The van der Waals surface area contributed by atoms with E-state index in [4.69, 9.17) is 27.4 Å². The van der Waals surface area contributed by atoms with E-state index >= 15 is 0 Å². The highest BCUT2D eigenvalue weighted by Crippen LogP contribution is 2.24. The first kappa shape index (κ1) is 14.9. The van der Waals surface area contributed by atoms with E-state index in [9.17, 15) is 4.79 Å². The van der Waals surface area contributed by atoms with Gasteiger partial charge in [-0.2, -0.15) is 0 Å². The molecule has 0 heterocycles. The fraction of sp³-hybridized carbons (Fsp3) is 0.333. The Bertz CT molecular complexity index is 465. The molecular weight excluding hydrogens is 318 g/mol. The van der Waals surface area contributed by atoms with Gasteiger partial charge in [0.05, 0.1) is 12.2 Å². The van der Waals surface area contributed by atoms with Crippen LogP contribution in [-0.2, 0) is 9.53 Å². The van der Waals surface area contributed by atoms with Crippen molar-refractivity contribution in [1.29, 1.82) is 0 Å². The lowest BCUT2D eigenvalue weighted by Crippen LogP contribution is -2.27. The standard InChI is InChI=1S/C12H14BrNO3S/c1-3-16-12(15)7(2)17-10-5-4-8(13)6-9(10)11(14)18/h4-7H,3H2,1-2H3,(H2,14,18). The minimum atomic E-state index is -0.709. The lowest BCUT2D eigenvalue weighted by Gasteiger charge is -2.16. The summed E-state index contributed by atoms with van der Waals surface area (Å²) in [6.07, 6.45) is -0.709. The van der Waals surface area contributed by atoms with Crippen LogP contribution in [0.15, 0.2) is 22.7 Å². The molecule has 0 radical (unpaired) electrons. The van der Waals surface area contributed by atoms with E-state index < -0.39 is 12.1 Å². The van der Waals surface area contributed by atoms with Crippen molar-refractivity contribution >= 4 is 39.1 Å². The van der Waals surface area contributed by atoms with Crippen molar-refractivity contribution in [1.82, 2.24) is 0 Å². The zero-order valence-corrected chi connectivity index (χ0v) is 12.5. The highest BCUT2D eigenvalue weighted by Gasteiger charge is 2.18. The molecule has 0 aromatic heterocycles. The summed E-state index contributed by atoms with van der Waals surface area (Å²) in [7, 11) is 0. The summed E-state index contributed by atoms with van der Waals surface area (Å²) in [4.78, 5) is 11.7. The van der Waals surface area contributed by atoms with Crippen LogP contribution in [0.5, 0.6) is 5.75 Å². The second kappa shape index (κ2) is 6.70. The Morgan fingerprint density at radius 3 is 2.78 bits per heavy atom. The molecule has 0 bridgehead atoms. The van der Waals surface area contributed by atoms with Crippen LogP contribution < -0.4 is 10.5 Å². The van der Waals surface area contributed by atoms with Crippen LogP contribution in [0, 0.1) is 0 Å². The molecule has 0 spiro atoms. The molecule has 1 aromatic rings. The SMILES string of the molecule is CCOC(=O)C(C)Oc1ccc(Br)cc1C(N)=S. The number of rotatable bonds is 5. The summed E-state index contributed by atoms with van der Waals surface area (Å²) >= 11 is 8.26. The quantitative estimate of drug-likeness (QED) is 0.663. The summed E-state index contributed by atoms with van der Waals surface area (Å²) in [6.45, 7) is 3.67. The Morgan fingerprint density at radius 2 is 2.22 bits per heavy atom. The molecule has 1 unspecified atom stereocenters. The van der Waals surface area contributed by atoms with Gasteiger partial charge in [0.15, 0.2) is 6.10 Å². The van der Waals surface area contributed by atoms with Crippen molar-refractivity contribution in [2.24, 2.45) is 5.73 Å². The predicted molar refractivity (Wildman–Crippen MR) is 76.8 cm³/mol. The second-order valence-electron chi connectivity index (χ2n) is 3.52. The molecule has 0 aliphatic rings. The third kappa shape index (κ3) is 3.96. The number of halogens is 1. The van der Waals surface area contributed by atoms with E-state index in [1.54, 1.807) is 32.0 Å². The Labute approximate surface area is 120 Å². The molecule has 0 saturated carbocycles. The third-order valence-corrected chi connectivity index (χ3v) is 2.84. The zero-order chi connectivity index (χ0) is 13.7. The summed E-state index contributed by atoms with van der Waals surface area (Å²) < 4.78 is 11.2. The van der Waals surface area contributed by atoms with Gasteiger partial charge in [0.2, 0.25) is 0 Å². The number of hydrogen-bond acceptors (Lipinski definition) is 4. The molecule has 1 aromatic carbocycles. The lowest BCUT2D eigenvalue weighted by atomic mass is 10.2. The summed E-state index contributed by atoms with van der Waals surface area (Å²) in [6, 6.07) is 5.23. The van der Waals surface area contributed by atoms with Crippen LogP contribution in [0.3, 0.4) is 0 Å². The van der Waals surface area contributed by atoms with Crippen LogP contribution in [0.1, 0.15) is 19.4 Å². The smallest absolute Gasteiger partial charge is 0.347 e. The number of thiocarbonyl (C=S) groups is 1. The van der Waals surface area contributed by atoms with Crippen molar-refractivity contribution in [2.75, 3.05) is 6.61 Å². The van der Waals surface area contributed by atoms with Crippen molar-refractivity contribution in [2.45, 2.75) is 20.0 Å². The van der Waals surface area contributed by atoms with Crippen LogP contribution in [-0.4, -0.2) is 23.7 Å². The number of nitrogens with two attached hydrogens (primary N) is 1. The maximum Gasteiger partial charge on any atom is 0.347 e. The molecule has 98 valence electrons. The number of carbonyl (C=O) groups excluding carboxylic acids is 1. The molecule has 4 nitrogen and oxygen atoms in total. The minimum absolute atomic E-state index is 0.211. The van der Waals surface area contributed by atoms with Gasteiger partial charge in [-0.3, -0.25) is 0 Å². The van der Waals surface area contributed by atoms with E-state index in [0.717, 1.165) is 4.47 Å². The topological polar surface area (TPSA) is 61.5 Å².